The number of hydrazine groups is 1. The molecule has 4 rings (SSSR count). The molecular weight excluding hydrogens is 348 g/mol. The van der Waals surface area contributed by atoms with Gasteiger partial charge in [0.15, 0.2) is 0 Å². The molecule has 1 amide bonds. The van der Waals surface area contributed by atoms with Gasteiger partial charge in [0.2, 0.25) is 0 Å². The number of hydrogen-bond donors (Lipinski definition) is 2. The topological polar surface area (TPSA) is 66.5 Å². The summed E-state index contributed by atoms with van der Waals surface area (Å²) in [6.45, 7) is 3.35. The van der Waals surface area contributed by atoms with Gasteiger partial charge in [-0.25, -0.2) is 5.01 Å². The summed E-state index contributed by atoms with van der Waals surface area (Å²) >= 11 is 1.44. The van der Waals surface area contributed by atoms with Gasteiger partial charge in [0.1, 0.15) is 4.88 Å². The minimum absolute atomic E-state index is 0.0796. The van der Waals surface area contributed by atoms with Gasteiger partial charge in [-0.15, -0.1) is 11.3 Å². The third kappa shape index (κ3) is 3.70. The van der Waals surface area contributed by atoms with E-state index in [-0.39, 0.29) is 5.91 Å². The number of hydrogen-bond acceptors (Lipinski definition) is 6. The number of aromatic nitrogens is 1. The highest BCUT2D eigenvalue weighted by atomic mass is 32.1. The molecule has 1 aliphatic rings. The number of nitrogens with zero attached hydrogens (tertiary/aromatic N) is 2. The minimum Gasteiger partial charge on any atom is -0.380 e. The molecule has 0 aliphatic carbocycles. The number of carbonyl (C=O) groups excluding carboxylic acids is 1. The maximum Gasteiger partial charge on any atom is 0.277 e. The molecule has 1 aliphatic heterocycles. The Bertz CT molecular complexity index is 900. The molecule has 0 atom stereocenters. The molecule has 1 saturated heterocycles. The molecule has 0 saturated carbocycles. The minimum atomic E-state index is -0.0796. The molecule has 6 nitrogen and oxygen atoms in total. The molecule has 2 aromatic heterocycles. The third-order valence-electron chi connectivity index (χ3n) is 4.35. The summed E-state index contributed by atoms with van der Waals surface area (Å²) < 4.78 is 5.31. The van der Waals surface area contributed by atoms with E-state index in [0.717, 1.165) is 22.2 Å². The summed E-state index contributed by atoms with van der Waals surface area (Å²) in [5.74, 6) is -0.0796. The Kier molecular flexibility index (Phi) is 5.10. The zero-order valence-corrected chi connectivity index (χ0v) is 15.1. The Hall–Kier alpha value is -2.48. The summed E-state index contributed by atoms with van der Waals surface area (Å²) in [5, 5.41) is 8.36. The summed E-state index contributed by atoms with van der Waals surface area (Å²) in [5.41, 5.74) is 5.94. The van der Waals surface area contributed by atoms with E-state index in [4.69, 9.17) is 4.74 Å². The predicted octanol–water partition coefficient (Wildman–Crippen LogP) is 2.89. The zero-order chi connectivity index (χ0) is 17.8. The molecule has 0 bridgehead atoms. The van der Waals surface area contributed by atoms with Crippen LogP contribution in [0.25, 0.3) is 10.9 Å². The molecule has 7 heteroatoms. The first kappa shape index (κ1) is 17.0. The molecule has 1 aromatic carbocycles. The van der Waals surface area contributed by atoms with Gasteiger partial charge in [0.25, 0.3) is 5.91 Å². The van der Waals surface area contributed by atoms with Crippen LogP contribution in [0.5, 0.6) is 0 Å². The van der Waals surface area contributed by atoms with Crippen molar-refractivity contribution in [2.24, 2.45) is 0 Å². The van der Waals surface area contributed by atoms with E-state index in [0.29, 0.717) is 37.7 Å². The number of morpholine rings is 1. The molecule has 134 valence electrons. The number of amides is 1. The van der Waals surface area contributed by atoms with Crippen LogP contribution in [0.15, 0.2) is 48.0 Å². The first-order valence-electron chi connectivity index (χ1n) is 8.59. The number of thiophene rings is 1. The lowest BCUT2D eigenvalue weighted by Crippen LogP contribution is -2.48. The van der Waals surface area contributed by atoms with E-state index >= 15 is 0 Å². The van der Waals surface area contributed by atoms with Crippen molar-refractivity contribution in [1.29, 1.82) is 0 Å². The highest BCUT2D eigenvalue weighted by Gasteiger charge is 2.18. The summed E-state index contributed by atoms with van der Waals surface area (Å²) in [6.07, 6.45) is 1.82. The summed E-state index contributed by atoms with van der Waals surface area (Å²) in [4.78, 5) is 17.7. The van der Waals surface area contributed by atoms with Crippen LogP contribution >= 0.6 is 11.3 Å². The van der Waals surface area contributed by atoms with Gasteiger partial charge >= 0.3 is 0 Å². The van der Waals surface area contributed by atoms with Crippen molar-refractivity contribution >= 4 is 33.8 Å². The van der Waals surface area contributed by atoms with E-state index in [1.54, 1.807) is 0 Å². The fraction of sp³-hybridized carbons (Fsp3) is 0.263. The van der Waals surface area contributed by atoms with Gasteiger partial charge in [-0.1, -0.05) is 18.2 Å². The van der Waals surface area contributed by atoms with Crippen molar-refractivity contribution in [2.45, 2.75) is 6.54 Å². The number of rotatable bonds is 5. The maximum absolute atomic E-state index is 12.6. The first-order chi connectivity index (χ1) is 12.8. The highest BCUT2D eigenvalue weighted by Crippen LogP contribution is 2.24. The monoisotopic (exact) mass is 368 g/mol. The number of para-hydroxylation sites is 1. The van der Waals surface area contributed by atoms with Crippen LogP contribution in [0.3, 0.4) is 0 Å². The largest absolute Gasteiger partial charge is 0.380 e. The van der Waals surface area contributed by atoms with Gasteiger partial charge in [-0.2, -0.15) is 0 Å². The highest BCUT2D eigenvalue weighted by molar-refractivity contribution is 7.12. The van der Waals surface area contributed by atoms with Crippen molar-refractivity contribution in [3.05, 3.63) is 58.4 Å². The van der Waals surface area contributed by atoms with Crippen molar-refractivity contribution in [1.82, 2.24) is 15.4 Å². The maximum atomic E-state index is 12.6. The second-order valence-electron chi connectivity index (χ2n) is 6.04. The Labute approximate surface area is 155 Å². The molecule has 2 N–H and O–H groups in total. The van der Waals surface area contributed by atoms with E-state index in [1.165, 1.54) is 11.3 Å². The van der Waals surface area contributed by atoms with Gasteiger partial charge < -0.3 is 10.1 Å². The number of fused-ring (bicyclic) bond motifs is 1. The fourth-order valence-electron chi connectivity index (χ4n) is 2.99. The quantitative estimate of drug-likeness (QED) is 0.725. The van der Waals surface area contributed by atoms with Crippen LogP contribution in [0.1, 0.15) is 15.2 Å². The second kappa shape index (κ2) is 7.82. The fourth-order valence-corrected chi connectivity index (χ4v) is 3.75. The predicted molar refractivity (Wildman–Crippen MR) is 103 cm³/mol. The average molecular weight is 368 g/mol. The Morgan fingerprint density at radius 3 is 2.92 bits per heavy atom. The Morgan fingerprint density at radius 2 is 2.04 bits per heavy atom. The van der Waals surface area contributed by atoms with Crippen LogP contribution in [0, 0.1) is 0 Å². The lowest BCUT2D eigenvalue weighted by Gasteiger charge is -2.26. The number of anilines is 1. The van der Waals surface area contributed by atoms with Crippen molar-refractivity contribution in [3.8, 4) is 0 Å². The van der Waals surface area contributed by atoms with Crippen LogP contribution in [0.2, 0.25) is 0 Å². The molecule has 1 fully saturated rings. The molecule has 3 aromatic rings. The molecule has 0 spiro atoms. The smallest absolute Gasteiger partial charge is 0.277 e. The van der Waals surface area contributed by atoms with Crippen LogP contribution in [-0.4, -0.2) is 42.2 Å². The third-order valence-corrected chi connectivity index (χ3v) is 5.26. The molecular formula is C19H20N4O2S. The number of carbonyl (C=O) groups is 1. The molecule has 0 radical (unpaired) electrons. The normalized spacial score (nSPS) is 15.1. The number of nitrogens with one attached hydrogen (secondary N) is 2. The summed E-state index contributed by atoms with van der Waals surface area (Å²) in [7, 11) is 0. The molecule has 3 heterocycles. The second-order valence-corrected chi connectivity index (χ2v) is 6.96. The van der Waals surface area contributed by atoms with Crippen molar-refractivity contribution < 1.29 is 9.53 Å². The Morgan fingerprint density at radius 1 is 1.19 bits per heavy atom. The van der Waals surface area contributed by atoms with E-state index in [1.807, 2.05) is 46.9 Å². The van der Waals surface area contributed by atoms with Crippen molar-refractivity contribution in [2.75, 3.05) is 31.6 Å². The van der Waals surface area contributed by atoms with Gasteiger partial charge in [0, 0.05) is 31.2 Å². The summed E-state index contributed by atoms with van der Waals surface area (Å²) in [6, 6.07) is 12.0. The Balaban J connectivity index is 1.46. The first-order valence-corrected chi connectivity index (χ1v) is 9.47. The SMILES string of the molecule is O=C(NN1CCOCC1)c1sccc1NCc1ccnc2ccccc12. The van der Waals surface area contributed by atoms with E-state index in [9.17, 15) is 4.79 Å². The number of benzene rings is 1. The van der Waals surface area contributed by atoms with Crippen molar-refractivity contribution in [3.63, 3.8) is 0 Å². The van der Waals surface area contributed by atoms with Crippen LogP contribution in [-0.2, 0) is 11.3 Å². The standard InChI is InChI=1S/C19H20N4O2S/c24-19(22-23-8-10-25-11-9-23)18-17(6-12-26-18)21-13-14-5-7-20-16-4-2-1-3-15(14)16/h1-7,12,21H,8-11,13H2,(H,22,24). The van der Waals surface area contributed by atoms with Gasteiger partial charge in [0.05, 0.1) is 24.4 Å². The zero-order valence-electron chi connectivity index (χ0n) is 14.3. The average Bonchev–Trinajstić information content (AvgIpc) is 3.16. The number of ether oxygens (including phenoxy) is 1. The number of pyridine rings is 1. The molecule has 26 heavy (non-hydrogen) atoms. The van der Waals surface area contributed by atoms with Crippen LogP contribution < -0.4 is 10.7 Å². The van der Waals surface area contributed by atoms with Crippen LogP contribution in [0.4, 0.5) is 5.69 Å². The lowest BCUT2D eigenvalue weighted by molar-refractivity contribution is 0.0128. The van der Waals surface area contributed by atoms with Gasteiger partial charge in [-0.3, -0.25) is 15.2 Å². The molecule has 0 unspecified atom stereocenters. The van der Waals surface area contributed by atoms with Gasteiger partial charge in [-0.05, 0) is 29.1 Å². The van der Waals surface area contributed by atoms with E-state index < -0.39 is 0 Å². The van der Waals surface area contributed by atoms with E-state index in [2.05, 4.69) is 21.8 Å². The lowest BCUT2D eigenvalue weighted by atomic mass is 10.1.